The smallest absolute Gasteiger partial charge is 0.338 e. The number of aliphatic hydroxyl groups is 2. The Morgan fingerprint density at radius 3 is 2.49 bits per heavy atom. The summed E-state index contributed by atoms with van der Waals surface area (Å²) in [5.74, 6) is -2.54. The molecule has 8 atom stereocenters. The first-order valence-corrected chi connectivity index (χ1v) is 13.4. The number of hydrogen-bond acceptors (Lipinski definition) is 10. The van der Waals surface area contributed by atoms with Crippen LogP contribution in [0.15, 0.2) is 46.6 Å². The molecule has 208 valence electrons. The molecular weight excluding hydrogens is 504 g/mol. The Balaban J connectivity index is 1.64. The van der Waals surface area contributed by atoms with Crippen LogP contribution in [0.5, 0.6) is 0 Å². The summed E-state index contributed by atoms with van der Waals surface area (Å²) < 4.78 is 18.3. The monoisotopic (exact) mass is 538 g/mol. The highest BCUT2D eigenvalue weighted by Crippen LogP contribution is 2.64. The van der Waals surface area contributed by atoms with E-state index >= 15 is 0 Å². The third kappa shape index (κ3) is 3.19. The normalized spacial score (nSPS) is 41.6. The van der Waals surface area contributed by atoms with Crippen LogP contribution in [-0.4, -0.2) is 75.8 Å². The lowest BCUT2D eigenvalue weighted by molar-refractivity contribution is -0.329. The third-order valence-corrected chi connectivity index (χ3v) is 10.1. The molecule has 3 aliphatic carbocycles. The van der Waals surface area contributed by atoms with Crippen molar-refractivity contribution in [1.82, 2.24) is 5.43 Å². The molecule has 10 nitrogen and oxygen atoms in total. The maximum Gasteiger partial charge on any atom is 0.338 e. The molecule has 39 heavy (non-hydrogen) atoms. The van der Waals surface area contributed by atoms with Crippen LogP contribution in [0.2, 0.25) is 0 Å². The van der Waals surface area contributed by atoms with E-state index in [1.165, 1.54) is 6.92 Å². The van der Waals surface area contributed by atoms with Crippen LogP contribution in [0.1, 0.15) is 57.8 Å². The van der Waals surface area contributed by atoms with Gasteiger partial charge in [0.05, 0.1) is 30.2 Å². The molecule has 2 saturated carbocycles. The van der Waals surface area contributed by atoms with E-state index in [2.05, 4.69) is 10.5 Å². The molecule has 6 rings (SSSR count). The summed E-state index contributed by atoms with van der Waals surface area (Å²) in [5.41, 5.74) is -1.31. The first kappa shape index (κ1) is 26.2. The molecule has 0 radical (unpaired) electrons. The Kier molecular flexibility index (Phi) is 5.51. The van der Waals surface area contributed by atoms with Crippen molar-refractivity contribution in [1.29, 1.82) is 0 Å². The number of ether oxygens (including phenoxy) is 3. The zero-order valence-corrected chi connectivity index (χ0v) is 22.7. The predicted octanol–water partition coefficient (Wildman–Crippen LogP) is 1.69. The lowest BCUT2D eigenvalue weighted by Crippen LogP contribution is -2.81. The number of carbonyl (C=O) groups excluding carboxylic acids is 3. The largest absolute Gasteiger partial charge is 0.455 e. The number of esters is 2. The van der Waals surface area contributed by atoms with Crippen molar-refractivity contribution in [2.45, 2.75) is 83.0 Å². The fraction of sp³-hybridized carbons (Fsp3) is 0.586. The van der Waals surface area contributed by atoms with Gasteiger partial charge in [-0.25, -0.2) is 4.79 Å². The number of ketones is 1. The average molecular weight is 539 g/mol. The highest BCUT2D eigenvalue weighted by Gasteiger charge is 2.78. The van der Waals surface area contributed by atoms with E-state index in [1.807, 2.05) is 6.92 Å². The van der Waals surface area contributed by atoms with Crippen LogP contribution in [0, 0.1) is 16.7 Å². The molecule has 1 aromatic carbocycles. The van der Waals surface area contributed by atoms with Gasteiger partial charge in [-0.2, -0.15) is 5.10 Å². The maximum absolute atomic E-state index is 14.3. The van der Waals surface area contributed by atoms with E-state index in [0.29, 0.717) is 12.0 Å². The molecule has 2 aliphatic heterocycles. The van der Waals surface area contributed by atoms with Crippen LogP contribution in [0.4, 0.5) is 0 Å². The van der Waals surface area contributed by atoms with E-state index in [9.17, 15) is 24.6 Å². The Labute approximate surface area is 226 Å². The number of rotatable bonds is 3. The molecule has 1 saturated heterocycles. The zero-order chi connectivity index (χ0) is 28.1. The number of hydrazone groups is 1. The highest BCUT2D eigenvalue weighted by molar-refractivity contribution is 6.48. The molecule has 2 heterocycles. The molecule has 0 spiro atoms. The minimum absolute atomic E-state index is 0.00582. The van der Waals surface area contributed by atoms with Crippen LogP contribution in [0.25, 0.3) is 0 Å². The lowest BCUT2D eigenvalue weighted by atomic mass is 9.44. The zero-order valence-electron chi connectivity index (χ0n) is 22.7. The molecule has 5 aliphatic rings. The average Bonchev–Trinajstić information content (AvgIpc) is 3.20. The number of hydrogen-bond donors (Lipinski definition) is 3. The van der Waals surface area contributed by atoms with Crippen molar-refractivity contribution in [3.05, 3.63) is 47.0 Å². The molecule has 3 fully saturated rings. The van der Waals surface area contributed by atoms with Crippen LogP contribution in [0.3, 0.4) is 0 Å². The molecule has 0 amide bonds. The van der Waals surface area contributed by atoms with Gasteiger partial charge in [0.15, 0.2) is 5.60 Å². The number of nitrogens with zero attached hydrogens (tertiary/aromatic N) is 1. The molecule has 2 bridgehead atoms. The summed E-state index contributed by atoms with van der Waals surface area (Å²) in [6, 6.07) is 8.01. The van der Waals surface area contributed by atoms with E-state index in [4.69, 9.17) is 14.2 Å². The number of benzene rings is 1. The van der Waals surface area contributed by atoms with Crippen molar-refractivity contribution in [3.63, 3.8) is 0 Å². The van der Waals surface area contributed by atoms with Gasteiger partial charge in [-0.3, -0.25) is 9.59 Å². The van der Waals surface area contributed by atoms with Gasteiger partial charge in [0.1, 0.15) is 23.5 Å². The highest BCUT2D eigenvalue weighted by atomic mass is 16.6. The van der Waals surface area contributed by atoms with Crippen molar-refractivity contribution >= 4 is 23.4 Å². The number of fused-ring (bicyclic) bond motifs is 4. The summed E-state index contributed by atoms with van der Waals surface area (Å²) in [7, 11) is 0. The summed E-state index contributed by atoms with van der Waals surface area (Å²) in [6.07, 6.45) is -2.85. The predicted molar refractivity (Wildman–Crippen MR) is 138 cm³/mol. The quantitative estimate of drug-likeness (QED) is 0.490. The summed E-state index contributed by atoms with van der Waals surface area (Å²) in [5, 5.41) is 28.4. The Bertz CT molecular complexity index is 1340. The van der Waals surface area contributed by atoms with Gasteiger partial charge in [-0.05, 0) is 24.6 Å². The Morgan fingerprint density at radius 1 is 1.18 bits per heavy atom. The van der Waals surface area contributed by atoms with Gasteiger partial charge in [0.25, 0.3) is 0 Å². The Morgan fingerprint density at radius 2 is 1.87 bits per heavy atom. The number of aliphatic hydroxyl groups excluding tert-OH is 1. The van der Waals surface area contributed by atoms with Crippen molar-refractivity contribution in [3.8, 4) is 0 Å². The Hall–Kier alpha value is -3.08. The number of carbonyl (C=O) groups is 3. The molecule has 1 aromatic rings. The third-order valence-electron chi connectivity index (χ3n) is 10.1. The van der Waals surface area contributed by atoms with E-state index in [-0.39, 0.29) is 35.7 Å². The molecular formula is C29H34N2O8. The van der Waals surface area contributed by atoms with Crippen LogP contribution < -0.4 is 5.43 Å². The molecule has 0 unspecified atom stereocenters. The lowest BCUT2D eigenvalue weighted by Gasteiger charge is -2.66. The minimum Gasteiger partial charge on any atom is -0.455 e. The van der Waals surface area contributed by atoms with Crippen molar-refractivity contribution in [2.24, 2.45) is 21.8 Å². The standard InChI is InChI=1S/C29H34N2O8/c1-14-17(33)12-29(36)24(38-25(35)16-9-7-6-8-10-16)22-27(5)18(11-19-28(22,13-37-19)39-15(2)32)30-31-23(27)21(34)20(14)26(29,3)4/h6-10,17-19,22,24,30,33,36H,11-13H2,1-5H3/t17-,18-,19+,22-,24-,27+,28-,29+/m0/s1. The molecule has 10 heteroatoms. The molecule has 0 aromatic heterocycles. The van der Waals surface area contributed by atoms with E-state index in [1.54, 1.807) is 51.1 Å². The van der Waals surface area contributed by atoms with E-state index in [0.717, 1.165) is 0 Å². The summed E-state index contributed by atoms with van der Waals surface area (Å²) in [6.45, 7) is 8.28. The van der Waals surface area contributed by atoms with Gasteiger partial charge in [-0.1, -0.05) is 39.0 Å². The SMILES string of the molecule is CC(=O)O[C@@]12CO[C@@H]1C[C@@H]1NN=C3C(=O)C4=C(C)[C@@H](O)C[C@@](O)([C@@H](OC(=O)c5ccccc5)[C@H]2[C@]31C)C4(C)C. The second-order valence-corrected chi connectivity index (χ2v) is 12.3. The fourth-order valence-electron chi connectivity index (χ4n) is 7.99. The summed E-state index contributed by atoms with van der Waals surface area (Å²) in [4.78, 5) is 40.5. The topological polar surface area (TPSA) is 144 Å². The van der Waals surface area contributed by atoms with Crippen LogP contribution >= 0.6 is 0 Å². The van der Waals surface area contributed by atoms with Crippen LogP contribution in [-0.2, 0) is 23.8 Å². The van der Waals surface area contributed by atoms with Crippen molar-refractivity contribution < 1.29 is 38.8 Å². The fourth-order valence-corrected chi connectivity index (χ4v) is 7.99. The molecule has 3 N–H and O–H groups in total. The first-order chi connectivity index (χ1) is 18.3. The van der Waals surface area contributed by atoms with Gasteiger partial charge < -0.3 is 29.8 Å². The van der Waals surface area contributed by atoms with Gasteiger partial charge in [-0.15, -0.1) is 0 Å². The van der Waals surface area contributed by atoms with E-state index < -0.39 is 64.2 Å². The summed E-state index contributed by atoms with van der Waals surface area (Å²) >= 11 is 0. The minimum atomic E-state index is -1.92. The van der Waals surface area contributed by atoms with Gasteiger partial charge >= 0.3 is 11.9 Å². The first-order valence-electron chi connectivity index (χ1n) is 13.4. The second-order valence-electron chi connectivity index (χ2n) is 12.3. The number of nitrogens with one attached hydrogen (secondary N) is 1. The number of Topliss-reactive ketones (excluding diaryl/α,β-unsaturated/α-hetero) is 1. The van der Waals surface area contributed by atoms with Crippen molar-refractivity contribution in [2.75, 3.05) is 6.61 Å². The second kappa shape index (κ2) is 8.22. The van der Waals surface area contributed by atoms with Gasteiger partial charge in [0, 0.05) is 36.2 Å². The van der Waals surface area contributed by atoms with Gasteiger partial charge in [0.2, 0.25) is 5.78 Å². The maximum atomic E-state index is 14.3.